The van der Waals surface area contributed by atoms with Crippen molar-refractivity contribution >= 4 is 12.7 Å². The third kappa shape index (κ3) is 4.96. The monoisotopic (exact) mass is 130 g/mol. The van der Waals surface area contributed by atoms with Crippen LogP contribution in [0.3, 0.4) is 0 Å². The summed E-state index contributed by atoms with van der Waals surface area (Å²) in [5, 5.41) is 2.39. The largest absolute Gasteiger partial charge is 0.359 e. The first kappa shape index (κ1) is 8.10. The highest BCUT2D eigenvalue weighted by molar-refractivity contribution is 5.57. The summed E-state index contributed by atoms with van der Waals surface area (Å²) in [6.45, 7) is 0.462. The fourth-order valence-corrected chi connectivity index (χ4v) is 0.377. The van der Waals surface area contributed by atoms with Crippen molar-refractivity contribution in [1.82, 2.24) is 5.32 Å². The van der Waals surface area contributed by atoms with E-state index in [0.717, 1.165) is 0 Å². The molecule has 0 saturated carbocycles. The SMILES string of the molecule is NC(C=O)CCNC=O. The van der Waals surface area contributed by atoms with Gasteiger partial charge in [0.05, 0.1) is 6.04 Å². The lowest BCUT2D eigenvalue weighted by molar-refractivity contribution is -0.111. The Bertz CT molecular complexity index is 95.0. The Kier molecular flexibility index (Phi) is 4.72. The van der Waals surface area contributed by atoms with Gasteiger partial charge in [-0.2, -0.15) is 0 Å². The molecule has 1 unspecified atom stereocenters. The average molecular weight is 130 g/mol. The lowest BCUT2D eigenvalue weighted by atomic mass is 10.2. The van der Waals surface area contributed by atoms with Crippen LogP contribution in [0.2, 0.25) is 0 Å². The maximum absolute atomic E-state index is 9.86. The van der Waals surface area contributed by atoms with Gasteiger partial charge in [-0.3, -0.25) is 4.79 Å². The number of rotatable bonds is 5. The molecule has 0 aromatic heterocycles. The number of nitrogens with two attached hydrogens (primary N) is 1. The second-order valence-electron chi connectivity index (χ2n) is 1.66. The van der Waals surface area contributed by atoms with E-state index in [-0.39, 0.29) is 0 Å². The predicted molar refractivity (Wildman–Crippen MR) is 32.7 cm³/mol. The van der Waals surface area contributed by atoms with Gasteiger partial charge in [0, 0.05) is 6.54 Å². The smallest absolute Gasteiger partial charge is 0.207 e. The molecule has 9 heavy (non-hydrogen) atoms. The van der Waals surface area contributed by atoms with Crippen LogP contribution >= 0.6 is 0 Å². The molecule has 0 rings (SSSR count). The van der Waals surface area contributed by atoms with Crippen LogP contribution in [0.15, 0.2) is 0 Å². The van der Waals surface area contributed by atoms with E-state index >= 15 is 0 Å². The van der Waals surface area contributed by atoms with Gasteiger partial charge in [0.25, 0.3) is 0 Å². The van der Waals surface area contributed by atoms with Crippen LogP contribution in [-0.2, 0) is 9.59 Å². The van der Waals surface area contributed by atoms with E-state index in [1.165, 1.54) is 0 Å². The van der Waals surface area contributed by atoms with E-state index in [9.17, 15) is 9.59 Å². The van der Waals surface area contributed by atoms with Crippen LogP contribution in [-0.4, -0.2) is 25.3 Å². The molecule has 4 heteroatoms. The van der Waals surface area contributed by atoms with Crippen molar-refractivity contribution in [3.63, 3.8) is 0 Å². The molecular weight excluding hydrogens is 120 g/mol. The fraction of sp³-hybridized carbons (Fsp3) is 0.600. The Morgan fingerprint density at radius 2 is 2.22 bits per heavy atom. The molecule has 3 N–H and O–H groups in total. The lowest BCUT2D eigenvalue weighted by Gasteiger charge is -2.00. The standard InChI is InChI=1S/C5H10N2O2/c6-5(3-8)1-2-7-4-9/h3-5H,1-2,6H2,(H,7,9). The van der Waals surface area contributed by atoms with Crippen LogP contribution < -0.4 is 11.1 Å². The second kappa shape index (κ2) is 5.24. The highest BCUT2D eigenvalue weighted by Gasteiger charge is 1.96. The third-order valence-corrected chi connectivity index (χ3v) is 0.880. The number of carbonyl (C=O) groups excluding carboxylic acids is 2. The summed E-state index contributed by atoms with van der Waals surface area (Å²) < 4.78 is 0. The van der Waals surface area contributed by atoms with Gasteiger partial charge in [-0.05, 0) is 6.42 Å². The number of nitrogens with one attached hydrogen (secondary N) is 1. The maximum atomic E-state index is 9.86. The van der Waals surface area contributed by atoms with Gasteiger partial charge in [-0.25, -0.2) is 0 Å². The van der Waals surface area contributed by atoms with Crippen molar-refractivity contribution in [2.45, 2.75) is 12.5 Å². The van der Waals surface area contributed by atoms with Crippen molar-refractivity contribution in [1.29, 1.82) is 0 Å². The predicted octanol–water partition coefficient (Wildman–Crippen LogP) is -1.35. The molecule has 1 amide bonds. The van der Waals surface area contributed by atoms with Crippen molar-refractivity contribution < 1.29 is 9.59 Å². The first-order valence-corrected chi connectivity index (χ1v) is 2.69. The van der Waals surface area contributed by atoms with Crippen LogP contribution in [0.5, 0.6) is 0 Å². The molecule has 0 spiro atoms. The zero-order chi connectivity index (χ0) is 7.11. The van der Waals surface area contributed by atoms with Crippen molar-refractivity contribution in [3.8, 4) is 0 Å². The van der Waals surface area contributed by atoms with E-state index in [1.807, 2.05) is 0 Å². The number of hydrogen-bond donors (Lipinski definition) is 2. The fourth-order valence-electron chi connectivity index (χ4n) is 0.377. The molecule has 0 aliphatic carbocycles. The maximum Gasteiger partial charge on any atom is 0.207 e. The van der Waals surface area contributed by atoms with Crippen molar-refractivity contribution in [3.05, 3.63) is 0 Å². The molecule has 0 heterocycles. The van der Waals surface area contributed by atoms with E-state index < -0.39 is 6.04 Å². The molecule has 0 saturated heterocycles. The van der Waals surface area contributed by atoms with Gasteiger partial charge < -0.3 is 15.8 Å². The van der Waals surface area contributed by atoms with Gasteiger partial charge >= 0.3 is 0 Å². The topological polar surface area (TPSA) is 72.2 Å². The van der Waals surface area contributed by atoms with E-state index in [4.69, 9.17) is 5.73 Å². The molecule has 0 aromatic rings. The molecule has 52 valence electrons. The second-order valence-corrected chi connectivity index (χ2v) is 1.66. The van der Waals surface area contributed by atoms with Crippen LogP contribution in [0.1, 0.15) is 6.42 Å². The third-order valence-electron chi connectivity index (χ3n) is 0.880. The summed E-state index contributed by atoms with van der Waals surface area (Å²) in [7, 11) is 0. The number of hydrogen-bond acceptors (Lipinski definition) is 3. The molecule has 0 aromatic carbocycles. The summed E-state index contributed by atoms with van der Waals surface area (Å²) in [5.74, 6) is 0. The Morgan fingerprint density at radius 1 is 1.56 bits per heavy atom. The van der Waals surface area contributed by atoms with E-state index in [2.05, 4.69) is 5.32 Å². The number of aldehydes is 1. The number of amides is 1. The normalized spacial score (nSPS) is 12.1. The number of carbonyl (C=O) groups is 2. The zero-order valence-corrected chi connectivity index (χ0v) is 5.04. The van der Waals surface area contributed by atoms with Crippen molar-refractivity contribution in [2.75, 3.05) is 6.54 Å². The van der Waals surface area contributed by atoms with Gasteiger partial charge in [0.2, 0.25) is 6.41 Å². The van der Waals surface area contributed by atoms with Crippen LogP contribution in [0, 0.1) is 0 Å². The molecule has 0 bridgehead atoms. The van der Waals surface area contributed by atoms with Gasteiger partial charge in [0.1, 0.15) is 6.29 Å². The zero-order valence-electron chi connectivity index (χ0n) is 5.04. The van der Waals surface area contributed by atoms with Gasteiger partial charge in [-0.1, -0.05) is 0 Å². The molecule has 0 fully saturated rings. The summed E-state index contributed by atoms with van der Waals surface area (Å²) in [5.41, 5.74) is 5.19. The minimum Gasteiger partial charge on any atom is -0.359 e. The first-order chi connectivity index (χ1) is 4.31. The molecule has 0 aliphatic rings. The quantitative estimate of drug-likeness (QED) is 0.357. The summed E-state index contributed by atoms with van der Waals surface area (Å²) in [6.07, 6.45) is 1.74. The summed E-state index contributed by atoms with van der Waals surface area (Å²) >= 11 is 0. The molecule has 4 nitrogen and oxygen atoms in total. The molecule has 0 radical (unpaired) electrons. The highest BCUT2D eigenvalue weighted by atomic mass is 16.1. The Hall–Kier alpha value is -0.900. The van der Waals surface area contributed by atoms with Gasteiger partial charge in [0.15, 0.2) is 0 Å². The van der Waals surface area contributed by atoms with Crippen LogP contribution in [0.25, 0.3) is 0 Å². The van der Waals surface area contributed by atoms with Gasteiger partial charge in [-0.15, -0.1) is 0 Å². The average Bonchev–Trinajstić information content (AvgIpc) is 1.89. The summed E-state index contributed by atoms with van der Waals surface area (Å²) in [4.78, 5) is 19.5. The Balaban J connectivity index is 3.05. The van der Waals surface area contributed by atoms with E-state index in [0.29, 0.717) is 25.7 Å². The lowest BCUT2D eigenvalue weighted by Crippen LogP contribution is -2.26. The Morgan fingerprint density at radius 3 is 2.67 bits per heavy atom. The van der Waals surface area contributed by atoms with E-state index in [1.54, 1.807) is 0 Å². The Labute approximate surface area is 53.4 Å². The van der Waals surface area contributed by atoms with Crippen molar-refractivity contribution in [2.24, 2.45) is 5.73 Å². The summed E-state index contributed by atoms with van der Waals surface area (Å²) in [6, 6.07) is -0.447. The van der Waals surface area contributed by atoms with Crippen LogP contribution in [0.4, 0.5) is 0 Å². The molecular formula is C5H10N2O2. The molecule has 0 aliphatic heterocycles. The molecule has 1 atom stereocenters. The minimum absolute atomic E-state index is 0.447. The highest BCUT2D eigenvalue weighted by Crippen LogP contribution is 1.78. The first-order valence-electron chi connectivity index (χ1n) is 2.69. The minimum atomic E-state index is -0.447.